The van der Waals surface area contributed by atoms with Crippen molar-refractivity contribution in [2.45, 2.75) is 19.4 Å². The average Bonchev–Trinajstić information content (AvgIpc) is 2.72. The molecule has 0 saturated heterocycles. The minimum absolute atomic E-state index is 0.406. The van der Waals surface area contributed by atoms with E-state index in [1.165, 1.54) is 6.21 Å². The molecule has 0 fully saturated rings. The predicted molar refractivity (Wildman–Crippen MR) is 67.6 cm³/mol. The highest BCUT2D eigenvalue weighted by Gasteiger charge is 2.17. The largest absolute Gasteiger partial charge is 0.480 e. The Hall–Kier alpha value is -2.10. The van der Waals surface area contributed by atoms with E-state index in [1.807, 2.05) is 30.5 Å². The Labute approximate surface area is 99.0 Å². The monoisotopic (exact) mass is 230 g/mol. The first kappa shape index (κ1) is 11.4. The molecule has 0 saturated carbocycles. The van der Waals surface area contributed by atoms with Crippen LogP contribution in [0.5, 0.6) is 0 Å². The number of nitrogens with one attached hydrogen (secondary N) is 1. The molecule has 2 rings (SSSR count). The van der Waals surface area contributed by atoms with Gasteiger partial charge in [-0.2, -0.15) is 0 Å². The molecule has 1 atom stereocenters. The van der Waals surface area contributed by atoms with Gasteiger partial charge in [-0.05, 0) is 24.8 Å². The fourth-order valence-corrected chi connectivity index (χ4v) is 1.89. The Morgan fingerprint density at radius 3 is 3.00 bits per heavy atom. The average molecular weight is 230 g/mol. The highest BCUT2D eigenvalue weighted by molar-refractivity contribution is 5.84. The van der Waals surface area contributed by atoms with Crippen LogP contribution in [0.4, 0.5) is 0 Å². The first-order valence-corrected chi connectivity index (χ1v) is 5.48. The zero-order valence-electron chi connectivity index (χ0n) is 9.55. The number of benzene rings is 1. The summed E-state index contributed by atoms with van der Waals surface area (Å²) in [5.74, 6) is -0.895. The highest BCUT2D eigenvalue weighted by Crippen LogP contribution is 2.19. The maximum absolute atomic E-state index is 11.0. The van der Waals surface area contributed by atoms with E-state index >= 15 is 0 Å². The number of aromatic nitrogens is 1. The van der Waals surface area contributed by atoms with Gasteiger partial charge in [0.25, 0.3) is 0 Å². The Morgan fingerprint density at radius 1 is 1.53 bits per heavy atom. The van der Waals surface area contributed by atoms with E-state index in [0.717, 1.165) is 16.5 Å². The van der Waals surface area contributed by atoms with Crippen LogP contribution in [0.15, 0.2) is 35.5 Å². The third-order valence-corrected chi connectivity index (χ3v) is 2.70. The first-order chi connectivity index (χ1) is 8.22. The third-order valence-electron chi connectivity index (χ3n) is 2.70. The molecule has 88 valence electrons. The predicted octanol–water partition coefficient (Wildman–Crippen LogP) is 2.25. The maximum atomic E-state index is 11.0. The summed E-state index contributed by atoms with van der Waals surface area (Å²) in [6.45, 7) is 1.73. The lowest BCUT2D eigenvalue weighted by molar-refractivity contribution is -0.138. The number of carbonyl (C=O) groups is 1. The van der Waals surface area contributed by atoms with Crippen LogP contribution in [0, 0.1) is 0 Å². The van der Waals surface area contributed by atoms with E-state index in [-0.39, 0.29) is 0 Å². The van der Waals surface area contributed by atoms with Gasteiger partial charge in [-0.25, -0.2) is 4.79 Å². The van der Waals surface area contributed by atoms with Crippen LogP contribution in [0.2, 0.25) is 0 Å². The summed E-state index contributed by atoms with van der Waals surface area (Å²) in [5.41, 5.74) is 2.01. The second-order valence-electron chi connectivity index (χ2n) is 3.82. The van der Waals surface area contributed by atoms with Crippen LogP contribution in [0.25, 0.3) is 10.9 Å². The summed E-state index contributed by atoms with van der Waals surface area (Å²) in [7, 11) is 0. The number of carboxylic acid groups (broad SMARTS) is 1. The number of hydrogen-bond donors (Lipinski definition) is 2. The molecule has 1 aromatic carbocycles. The molecule has 2 aromatic rings. The van der Waals surface area contributed by atoms with Gasteiger partial charge in [0.2, 0.25) is 0 Å². The van der Waals surface area contributed by atoms with Gasteiger partial charge in [0, 0.05) is 23.5 Å². The van der Waals surface area contributed by atoms with Crippen molar-refractivity contribution in [2.24, 2.45) is 4.99 Å². The number of fused-ring (bicyclic) bond motifs is 1. The number of para-hydroxylation sites is 1. The second kappa shape index (κ2) is 4.82. The Kier molecular flexibility index (Phi) is 3.23. The lowest BCUT2D eigenvalue weighted by Gasteiger charge is -2.05. The number of carboxylic acids is 1. The fraction of sp³-hybridized carbons (Fsp3) is 0.231. The topological polar surface area (TPSA) is 65.5 Å². The summed E-state index contributed by atoms with van der Waals surface area (Å²) in [4.78, 5) is 18.1. The second-order valence-corrected chi connectivity index (χ2v) is 3.82. The van der Waals surface area contributed by atoms with Crippen molar-refractivity contribution >= 4 is 23.1 Å². The van der Waals surface area contributed by atoms with E-state index in [4.69, 9.17) is 5.11 Å². The summed E-state index contributed by atoms with van der Waals surface area (Å²) in [6.07, 6.45) is 3.79. The fourth-order valence-electron chi connectivity index (χ4n) is 1.89. The molecule has 4 heteroatoms. The van der Waals surface area contributed by atoms with E-state index in [1.54, 1.807) is 6.92 Å². The number of nitrogens with zero attached hydrogens (tertiary/aromatic N) is 1. The molecule has 0 aliphatic carbocycles. The van der Waals surface area contributed by atoms with E-state index in [2.05, 4.69) is 9.98 Å². The van der Waals surface area contributed by atoms with Gasteiger partial charge in [-0.3, -0.25) is 4.99 Å². The number of aliphatic imine (C=N–C) groups is 1. The number of aliphatic carboxylic acids is 1. The van der Waals surface area contributed by atoms with Crippen LogP contribution in [-0.2, 0) is 11.2 Å². The first-order valence-electron chi connectivity index (χ1n) is 5.48. The number of rotatable bonds is 4. The third kappa shape index (κ3) is 2.36. The molecule has 1 aromatic heterocycles. The zero-order chi connectivity index (χ0) is 12.3. The number of H-pyrrole nitrogens is 1. The van der Waals surface area contributed by atoms with Crippen LogP contribution in [0.1, 0.15) is 12.5 Å². The Balaban J connectivity index is 2.31. The van der Waals surface area contributed by atoms with Gasteiger partial charge in [-0.15, -0.1) is 0 Å². The minimum atomic E-state index is -0.895. The molecule has 4 nitrogen and oxygen atoms in total. The van der Waals surface area contributed by atoms with Crippen molar-refractivity contribution in [1.82, 2.24) is 4.98 Å². The zero-order valence-corrected chi connectivity index (χ0v) is 9.55. The molecule has 1 heterocycles. The van der Waals surface area contributed by atoms with Crippen molar-refractivity contribution in [3.63, 3.8) is 0 Å². The van der Waals surface area contributed by atoms with Crippen LogP contribution in [0.3, 0.4) is 0 Å². The normalized spacial score (nSPS) is 13.2. The summed E-state index contributed by atoms with van der Waals surface area (Å²) in [6, 6.07) is 7.13. The summed E-state index contributed by atoms with van der Waals surface area (Å²) < 4.78 is 0. The Morgan fingerprint density at radius 2 is 2.29 bits per heavy atom. The number of hydrogen-bond acceptors (Lipinski definition) is 2. The van der Waals surface area contributed by atoms with Crippen LogP contribution < -0.4 is 0 Å². The lowest BCUT2D eigenvalue weighted by Crippen LogP contribution is -2.20. The molecule has 0 bridgehead atoms. The van der Waals surface area contributed by atoms with Gasteiger partial charge in [-0.1, -0.05) is 18.2 Å². The molecule has 2 N–H and O–H groups in total. The molecule has 0 unspecified atom stereocenters. The quantitative estimate of drug-likeness (QED) is 0.791. The SMILES string of the molecule is CC=N[C@@H](Cc1c[nH]c2ccccc12)C(=O)O. The van der Waals surface area contributed by atoms with Gasteiger partial charge in [0.05, 0.1) is 0 Å². The molecule has 17 heavy (non-hydrogen) atoms. The minimum Gasteiger partial charge on any atom is -0.480 e. The molecule has 0 spiro atoms. The van der Waals surface area contributed by atoms with Crippen LogP contribution in [-0.4, -0.2) is 28.3 Å². The molecule has 0 amide bonds. The van der Waals surface area contributed by atoms with E-state index in [9.17, 15) is 4.79 Å². The van der Waals surface area contributed by atoms with E-state index in [0.29, 0.717) is 6.42 Å². The maximum Gasteiger partial charge on any atom is 0.328 e. The van der Waals surface area contributed by atoms with Crippen molar-refractivity contribution in [2.75, 3.05) is 0 Å². The van der Waals surface area contributed by atoms with Gasteiger partial charge < -0.3 is 10.1 Å². The smallest absolute Gasteiger partial charge is 0.328 e. The van der Waals surface area contributed by atoms with Crippen LogP contribution >= 0.6 is 0 Å². The molecular weight excluding hydrogens is 216 g/mol. The lowest BCUT2D eigenvalue weighted by atomic mass is 10.1. The molecule has 0 aliphatic rings. The van der Waals surface area contributed by atoms with Gasteiger partial charge >= 0.3 is 5.97 Å². The van der Waals surface area contributed by atoms with Crippen molar-refractivity contribution < 1.29 is 9.90 Å². The molecule has 0 radical (unpaired) electrons. The van der Waals surface area contributed by atoms with Gasteiger partial charge in [0.1, 0.15) is 0 Å². The Bertz CT molecular complexity index is 557. The standard InChI is InChI=1S/C13H14N2O2/c1-2-14-12(13(16)17)7-9-8-15-11-6-4-3-5-10(9)11/h2-6,8,12,15H,7H2,1H3,(H,16,17)/t12-/m0/s1. The van der Waals surface area contributed by atoms with Crippen molar-refractivity contribution in [3.05, 3.63) is 36.0 Å². The summed E-state index contributed by atoms with van der Waals surface area (Å²) >= 11 is 0. The highest BCUT2D eigenvalue weighted by atomic mass is 16.4. The van der Waals surface area contributed by atoms with Crippen molar-refractivity contribution in [3.8, 4) is 0 Å². The van der Waals surface area contributed by atoms with Crippen molar-refractivity contribution in [1.29, 1.82) is 0 Å². The molecule has 0 aliphatic heterocycles. The molecular formula is C13H14N2O2. The summed E-state index contributed by atoms with van der Waals surface area (Å²) in [5, 5.41) is 10.1. The van der Waals surface area contributed by atoms with E-state index < -0.39 is 12.0 Å². The number of aromatic amines is 1. The van der Waals surface area contributed by atoms with Gasteiger partial charge in [0.15, 0.2) is 6.04 Å².